The van der Waals surface area contributed by atoms with E-state index in [1.165, 1.54) is 24.3 Å². The van der Waals surface area contributed by atoms with Crippen molar-refractivity contribution in [3.05, 3.63) is 34.4 Å². The van der Waals surface area contributed by atoms with E-state index in [1.807, 2.05) is 0 Å². The maximum atomic E-state index is 10.5. The Hall–Kier alpha value is -2.24. The quantitative estimate of drug-likeness (QED) is 0.177. The Morgan fingerprint density at radius 1 is 1.36 bits per heavy atom. The Morgan fingerprint density at radius 2 is 1.93 bits per heavy atom. The van der Waals surface area contributed by atoms with Gasteiger partial charge in [-0.15, -0.1) is 0 Å². The summed E-state index contributed by atoms with van der Waals surface area (Å²) in [6, 6.07) is 4.82. The van der Waals surface area contributed by atoms with Crippen LogP contribution in [0.5, 0.6) is 5.75 Å². The molecule has 0 bridgehead atoms. The molecule has 0 unspecified atom stereocenters. The van der Waals surface area contributed by atoms with Gasteiger partial charge >= 0.3 is 5.97 Å². The third-order valence-electron chi connectivity index (χ3n) is 1.36. The maximum absolute atomic E-state index is 10.5. The molecule has 1 aromatic rings. The molecule has 0 saturated carbocycles. The molecule has 0 radical (unpaired) electrons. The van der Waals surface area contributed by atoms with Crippen LogP contribution in [0, 0.1) is 10.1 Å². The van der Waals surface area contributed by atoms with E-state index in [1.54, 1.807) is 0 Å². The molecule has 0 fully saturated rings. The fraction of sp³-hybridized carbons (Fsp3) is 0. The average molecular weight is 195 g/mol. The SMILES string of the molecule is O=CC(=O)Oc1ccc([N+](=O)[O-])cc1. The topological polar surface area (TPSA) is 86.5 Å². The van der Waals surface area contributed by atoms with Gasteiger partial charge in [-0.05, 0) is 12.1 Å². The lowest BCUT2D eigenvalue weighted by molar-refractivity contribution is -0.384. The van der Waals surface area contributed by atoms with Gasteiger partial charge in [0.25, 0.3) is 5.69 Å². The van der Waals surface area contributed by atoms with Crippen LogP contribution in [0.2, 0.25) is 0 Å². The molecule has 0 aromatic heterocycles. The molecule has 0 spiro atoms. The molecule has 0 heterocycles. The van der Waals surface area contributed by atoms with Gasteiger partial charge in [-0.25, -0.2) is 4.79 Å². The minimum Gasteiger partial charge on any atom is -0.421 e. The summed E-state index contributed by atoms with van der Waals surface area (Å²) in [6.07, 6.45) is 0.0153. The van der Waals surface area contributed by atoms with Gasteiger partial charge in [0.15, 0.2) is 0 Å². The van der Waals surface area contributed by atoms with Crippen molar-refractivity contribution in [1.82, 2.24) is 0 Å². The van der Waals surface area contributed by atoms with Crippen molar-refractivity contribution in [2.24, 2.45) is 0 Å². The minimum absolute atomic E-state index is 0.0153. The van der Waals surface area contributed by atoms with Gasteiger partial charge in [-0.2, -0.15) is 0 Å². The second kappa shape index (κ2) is 4.13. The average Bonchev–Trinajstić information content (AvgIpc) is 2.18. The first kappa shape index (κ1) is 9.85. The Bertz CT molecular complexity index is 370. The molecule has 72 valence electrons. The molecule has 6 nitrogen and oxygen atoms in total. The maximum Gasteiger partial charge on any atom is 0.376 e. The standard InChI is InChI=1S/C8H5NO5/c10-5-8(11)14-7-3-1-6(2-4-7)9(12)13/h1-5H. The summed E-state index contributed by atoms with van der Waals surface area (Å²) in [4.78, 5) is 30.0. The van der Waals surface area contributed by atoms with Crippen molar-refractivity contribution in [2.45, 2.75) is 0 Å². The van der Waals surface area contributed by atoms with Crippen molar-refractivity contribution in [2.75, 3.05) is 0 Å². The van der Waals surface area contributed by atoms with E-state index in [0.29, 0.717) is 0 Å². The number of nitro benzene ring substituents is 1. The summed E-state index contributed by atoms with van der Waals surface area (Å²) in [5, 5.41) is 10.2. The van der Waals surface area contributed by atoms with Crippen LogP contribution < -0.4 is 4.74 Å². The van der Waals surface area contributed by atoms with E-state index < -0.39 is 10.9 Å². The number of nitrogens with zero attached hydrogens (tertiary/aromatic N) is 1. The Balaban J connectivity index is 2.78. The van der Waals surface area contributed by atoms with Gasteiger partial charge < -0.3 is 4.74 Å². The largest absolute Gasteiger partial charge is 0.421 e. The lowest BCUT2D eigenvalue weighted by atomic mass is 10.3. The second-order valence-corrected chi connectivity index (χ2v) is 2.29. The van der Waals surface area contributed by atoms with Gasteiger partial charge in [0.1, 0.15) is 5.75 Å². The highest BCUT2D eigenvalue weighted by Crippen LogP contribution is 2.16. The molecule has 14 heavy (non-hydrogen) atoms. The van der Waals surface area contributed by atoms with E-state index in [9.17, 15) is 19.7 Å². The van der Waals surface area contributed by atoms with Gasteiger partial charge in [0, 0.05) is 12.1 Å². The Labute approximate surface area is 78.3 Å². The van der Waals surface area contributed by atoms with Crippen molar-refractivity contribution in [1.29, 1.82) is 0 Å². The number of benzene rings is 1. The van der Waals surface area contributed by atoms with Crippen LogP contribution in [0.4, 0.5) is 5.69 Å². The van der Waals surface area contributed by atoms with E-state index in [2.05, 4.69) is 4.74 Å². The molecular formula is C8H5NO5. The number of rotatable bonds is 3. The number of hydrogen-bond donors (Lipinski definition) is 0. The zero-order valence-corrected chi connectivity index (χ0v) is 6.88. The highest BCUT2D eigenvalue weighted by atomic mass is 16.6. The van der Waals surface area contributed by atoms with Crippen LogP contribution in [0.15, 0.2) is 24.3 Å². The van der Waals surface area contributed by atoms with Crippen LogP contribution in [-0.4, -0.2) is 17.2 Å². The van der Waals surface area contributed by atoms with Crippen LogP contribution in [0.25, 0.3) is 0 Å². The summed E-state index contributed by atoms with van der Waals surface area (Å²) in [6.45, 7) is 0. The van der Waals surface area contributed by atoms with Crippen molar-refractivity contribution < 1.29 is 19.2 Å². The first-order valence-corrected chi connectivity index (χ1v) is 3.55. The summed E-state index contributed by atoms with van der Waals surface area (Å²) >= 11 is 0. The van der Waals surface area contributed by atoms with Gasteiger partial charge in [-0.1, -0.05) is 0 Å². The zero-order chi connectivity index (χ0) is 10.6. The fourth-order valence-corrected chi connectivity index (χ4v) is 0.776. The number of carbonyl (C=O) groups is 2. The second-order valence-electron chi connectivity index (χ2n) is 2.29. The number of esters is 1. The van der Waals surface area contributed by atoms with E-state index in [-0.39, 0.29) is 17.7 Å². The number of ether oxygens (including phenoxy) is 1. The van der Waals surface area contributed by atoms with Crippen LogP contribution in [0.1, 0.15) is 0 Å². The molecule has 0 aliphatic carbocycles. The molecular weight excluding hydrogens is 190 g/mol. The molecule has 1 aromatic carbocycles. The summed E-state index contributed by atoms with van der Waals surface area (Å²) in [5.41, 5.74) is -0.115. The predicted molar refractivity (Wildman–Crippen MR) is 44.8 cm³/mol. The molecule has 0 saturated heterocycles. The first-order chi connectivity index (χ1) is 6.63. The smallest absolute Gasteiger partial charge is 0.376 e. The Morgan fingerprint density at radius 3 is 2.36 bits per heavy atom. The zero-order valence-electron chi connectivity index (χ0n) is 6.88. The summed E-state index contributed by atoms with van der Waals surface area (Å²) in [7, 11) is 0. The normalized spacial score (nSPS) is 9.14. The third-order valence-corrected chi connectivity index (χ3v) is 1.36. The number of hydrogen-bond acceptors (Lipinski definition) is 5. The molecule has 0 aliphatic rings. The fourth-order valence-electron chi connectivity index (χ4n) is 0.776. The molecule has 6 heteroatoms. The monoisotopic (exact) mass is 195 g/mol. The van der Waals surface area contributed by atoms with Crippen LogP contribution in [0.3, 0.4) is 0 Å². The van der Waals surface area contributed by atoms with E-state index >= 15 is 0 Å². The Kier molecular flexibility index (Phi) is 2.90. The third kappa shape index (κ3) is 2.37. The summed E-state index contributed by atoms with van der Waals surface area (Å²) in [5.74, 6) is -0.952. The molecule has 0 N–H and O–H groups in total. The van der Waals surface area contributed by atoms with Crippen molar-refractivity contribution in [3.63, 3.8) is 0 Å². The molecule has 0 amide bonds. The van der Waals surface area contributed by atoms with E-state index in [4.69, 9.17) is 0 Å². The highest BCUT2D eigenvalue weighted by Gasteiger charge is 2.06. The van der Waals surface area contributed by atoms with Crippen molar-refractivity contribution >= 4 is 17.9 Å². The highest BCUT2D eigenvalue weighted by molar-refractivity contribution is 6.21. The lowest BCUT2D eigenvalue weighted by Gasteiger charge is -1.98. The minimum atomic E-state index is -1.04. The van der Waals surface area contributed by atoms with Gasteiger partial charge in [0.2, 0.25) is 6.29 Å². The number of aldehydes is 1. The van der Waals surface area contributed by atoms with Gasteiger partial charge in [0.05, 0.1) is 4.92 Å². The molecule has 0 atom stereocenters. The number of non-ortho nitro benzene ring substituents is 1. The lowest BCUT2D eigenvalue weighted by Crippen LogP contribution is -2.08. The predicted octanol–water partition coefficient (Wildman–Crippen LogP) is 0.699. The molecule has 0 aliphatic heterocycles. The van der Waals surface area contributed by atoms with Gasteiger partial charge in [-0.3, -0.25) is 14.9 Å². The van der Waals surface area contributed by atoms with Crippen LogP contribution in [-0.2, 0) is 9.59 Å². The molecule has 1 rings (SSSR count). The van der Waals surface area contributed by atoms with E-state index in [0.717, 1.165) is 0 Å². The number of carbonyl (C=O) groups excluding carboxylic acids is 2. The summed E-state index contributed by atoms with van der Waals surface area (Å²) < 4.78 is 4.47. The first-order valence-electron chi connectivity index (χ1n) is 3.55. The van der Waals surface area contributed by atoms with Crippen LogP contribution >= 0.6 is 0 Å². The number of nitro groups is 1. The van der Waals surface area contributed by atoms with Crippen molar-refractivity contribution in [3.8, 4) is 5.75 Å².